The third kappa shape index (κ3) is 3.47. The molecular formula is C14H17ClN2O2. The molecule has 2 amide bonds. The van der Waals surface area contributed by atoms with Gasteiger partial charge >= 0.3 is 0 Å². The number of carbonyl (C=O) groups is 2. The number of nitrogens with zero attached hydrogens (tertiary/aromatic N) is 1. The second kappa shape index (κ2) is 6.06. The molecule has 0 radical (unpaired) electrons. The molecule has 1 aliphatic heterocycles. The lowest BCUT2D eigenvalue weighted by Crippen LogP contribution is -2.39. The summed E-state index contributed by atoms with van der Waals surface area (Å²) < 4.78 is 0. The highest BCUT2D eigenvalue weighted by molar-refractivity contribution is 6.33. The quantitative estimate of drug-likeness (QED) is 0.921. The van der Waals surface area contributed by atoms with Crippen molar-refractivity contribution < 1.29 is 9.59 Å². The fraction of sp³-hybridized carbons (Fsp3) is 0.429. The Labute approximate surface area is 117 Å². The van der Waals surface area contributed by atoms with Gasteiger partial charge in [-0.1, -0.05) is 23.7 Å². The second-order valence-corrected chi connectivity index (χ2v) is 5.29. The van der Waals surface area contributed by atoms with Crippen LogP contribution in [0.4, 0.5) is 0 Å². The maximum atomic E-state index is 12.3. The molecule has 0 saturated carbocycles. The maximum absolute atomic E-state index is 12.3. The van der Waals surface area contributed by atoms with Gasteiger partial charge in [0.2, 0.25) is 5.91 Å². The highest BCUT2D eigenvalue weighted by atomic mass is 35.5. The van der Waals surface area contributed by atoms with Gasteiger partial charge in [0.05, 0.1) is 10.6 Å². The molecule has 4 nitrogen and oxygen atoms in total. The standard InChI is InChI=1S/C14H17ClN2O2/c15-12-4-2-1-3-11(12)14(19)17-7-5-10(6-8-17)9-13(16)18/h1-4,10H,5-9H2,(H2,16,18). The summed E-state index contributed by atoms with van der Waals surface area (Å²) in [6.45, 7) is 1.31. The zero-order valence-corrected chi connectivity index (χ0v) is 11.4. The van der Waals surface area contributed by atoms with Gasteiger partial charge in [-0.3, -0.25) is 9.59 Å². The number of likely N-dealkylation sites (tertiary alicyclic amines) is 1. The lowest BCUT2D eigenvalue weighted by Gasteiger charge is -2.31. The zero-order chi connectivity index (χ0) is 13.8. The number of primary amides is 1. The number of benzene rings is 1. The first kappa shape index (κ1) is 13.9. The first-order valence-electron chi connectivity index (χ1n) is 6.40. The summed E-state index contributed by atoms with van der Waals surface area (Å²) >= 11 is 6.03. The molecule has 2 rings (SSSR count). The minimum Gasteiger partial charge on any atom is -0.370 e. The minimum absolute atomic E-state index is 0.0388. The molecule has 0 aliphatic carbocycles. The van der Waals surface area contributed by atoms with E-state index in [4.69, 9.17) is 17.3 Å². The van der Waals surface area contributed by atoms with Gasteiger partial charge in [-0.2, -0.15) is 0 Å². The summed E-state index contributed by atoms with van der Waals surface area (Å²) in [5.74, 6) is -0.00759. The van der Waals surface area contributed by atoms with Crippen LogP contribution in [-0.4, -0.2) is 29.8 Å². The molecule has 102 valence electrons. The van der Waals surface area contributed by atoms with Gasteiger partial charge in [0.1, 0.15) is 0 Å². The van der Waals surface area contributed by atoms with Gasteiger partial charge in [-0.25, -0.2) is 0 Å². The lowest BCUT2D eigenvalue weighted by atomic mass is 9.93. The number of halogens is 1. The van der Waals surface area contributed by atoms with E-state index < -0.39 is 0 Å². The van der Waals surface area contributed by atoms with Crippen LogP contribution >= 0.6 is 11.6 Å². The molecule has 1 saturated heterocycles. The molecule has 5 heteroatoms. The number of amides is 2. The fourth-order valence-corrected chi connectivity index (χ4v) is 2.65. The molecule has 0 spiro atoms. The van der Waals surface area contributed by atoms with Crippen molar-refractivity contribution in [3.63, 3.8) is 0 Å². The number of nitrogens with two attached hydrogens (primary N) is 1. The SMILES string of the molecule is NC(=O)CC1CCN(C(=O)c2ccccc2Cl)CC1. The first-order chi connectivity index (χ1) is 9.08. The molecule has 1 aliphatic rings. The molecule has 0 atom stereocenters. The number of carbonyl (C=O) groups excluding carboxylic acids is 2. The first-order valence-corrected chi connectivity index (χ1v) is 6.78. The van der Waals surface area contributed by atoms with Gasteiger partial charge in [0.15, 0.2) is 0 Å². The number of hydrogen-bond donors (Lipinski definition) is 1. The number of piperidine rings is 1. The topological polar surface area (TPSA) is 63.4 Å². The van der Waals surface area contributed by atoms with Crippen LogP contribution in [0.2, 0.25) is 5.02 Å². The highest BCUT2D eigenvalue weighted by Gasteiger charge is 2.25. The van der Waals surface area contributed by atoms with Gasteiger partial charge in [-0.15, -0.1) is 0 Å². The van der Waals surface area contributed by atoms with Crippen LogP contribution in [0.1, 0.15) is 29.6 Å². The molecule has 0 bridgehead atoms. The summed E-state index contributed by atoms with van der Waals surface area (Å²) in [7, 11) is 0. The van der Waals surface area contributed by atoms with E-state index in [1.165, 1.54) is 0 Å². The molecule has 0 unspecified atom stereocenters. The van der Waals surface area contributed by atoms with Crippen molar-refractivity contribution >= 4 is 23.4 Å². The van der Waals surface area contributed by atoms with Crippen molar-refractivity contribution in [1.82, 2.24) is 4.90 Å². The van der Waals surface area contributed by atoms with E-state index >= 15 is 0 Å². The van der Waals surface area contributed by atoms with E-state index in [0.717, 1.165) is 12.8 Å². The molecule has 0 aromatic heterocycles. The van der Waals surface area contributed by atoms with Crippen LogP contribution in [0.25, 0.3) is 0 Å². The summed E-state index contributed by atoms with van der Waals surface area (Å²) in [4.78, 5) is 25.0. The molecule has 1 fully saturated rings. The van der Waals surface area contributed by atoms with Gasteiger partial charge in [-0.05, 0) is 30.9 Å². The number of hydrogen-bond acceptors (Lipinski definition) is 2. The number of rotatable bonds is 3. The Morgan fingerprint density at radius 2 is 1.89 bits per heavy atom. The van der Waals surface area contributed by atoms with Crippen molar-refractivity contribution in [1.29, 1.82) is 0 Å². The summed E-state index contributed by atoms with van der Waals surface area (Å²) in [5, 5.41) is 0.478. The molecule has 1 aromatic carbocycles. The van der Waals surface area contributed by atoms with Crippen LogP contribution in [0.15, 0.2) is 24.3 Å². The Bertz CT molecular complexity index is 482. The third-order valence-corrected chi connectivity index (χ3v) is 3.83. The van der Waals surface area contributed by atoms with E-state index in [9.17, 15) is 9.59 Å². The Kier molecular flexibility index (Phi) is 4.43. The van der Waals surface area contributed by atoms with Crippen molar-refractivity contribution in [2.45, 2.75) is 19.3 Å². The van der Waals surface area contributed by atoms with Crippen LogP contribution in [-0.2, 0) is 4.79 Å². The predicted molar refractivity (Wildman–Crippen MR) is 73.9 cm³/mol. The molecule has 2 N–H and O–H groups in total. The smallest absolute Gasteiger partial charge is 0.255 e. The van der Waals surface area contributed by atoms with E-state index in [1.54, 1.807) is 29.2 Å². The Hall–Kier alpha value is -1.55. The summed E-state index contributed by atoms with van der Waals surface area (Å²) in [5.41, 5.74) is 5.73. The van der Waals surface area contributed by atoms with E-state index in [-0.39, 0.29) is 11.8 Å². The van der Waals surface area contributed by atoms with Crippen molar-refractivity contribution in [3.05, 3.63) is 34.9 Å². The zero-order valence-electron chi connectivity index (χ0n) is 10.6. The maximum Gasteiger partial charge on any atom is 0.255 e. The predicted octanol–water partition coefficient (Wildman–Crippen LogP) is 2.07. The molecule has 19 heavy (non-hydrogen) atoms. The average molecular weight is 281 g/mol. The van der Waals surface area contributed by atoms with Crippen LogP contribution in [0, 0.1) is 5.92 Å². The van der Waals surface area contributed by atoms with Crippen LogP contribution in [0.5, 0.6) is 0 Å². The van der Waals surface area contributed by atoms with Crippen molar-refractivity contribution in [2.24, 2.45) is 11.7 Å². The Morgan fingerprint density at radius 1 is 1.26 bits per heavy atom. The van der Waals surface area contributed by atoms with Crippen molar-refractivity contribution in [2.75, 3.05) is 13.1 Å². The molecular weight excluding hydrogens is 264 g/mol. The normalized spacial score (nSPS) is 16.4. The monoisotopic (exact) mass is 280 g/mol. The largest absolute Gasteiger partial charge is 0.370 e. The van der Waals surface area contributed by atoms with E-state index in [1.807, 2.05) is 0 Å². The Morgan fingerprint density at radius 3 is 2.47 bits per heavy atom. The van der Waals surface area contributed by atoms with Crippen LogP contribution < -0.4 is 5.73 Å². The van der Waals surface area contributed by atoms with Gasteiger partial charge in [0.25, 0.3) is 5.91 Å². The second-order valence-electron chi connectivity index (χ2n) is 4.89. The van der Waals surface area contributed by atoms with E-state index in [0.29, 0.717) is 36.0 Å². The van der Waals surface area contributed by atoms with E-state index in [2.05, 4.69) is 0 Å². The third-order valence-electron chi connectivity index (χ3n) is 3.50. The average Bonchev–Trinajstić information content (AvgIpc) is 2.39. The molecule has 1 heterocycles. The summed E-state index contributed by atoms with van der Waals surface area (Å²) in [6.07, 6.45) is 2.05. The minimum atomic E-state index is -0.268. The Balaban J connectivity index is 1.96. The fourth-order valence-electron chi connectivity index (χ4n) is 2.43. The highest BCUT2D eigenvalue weighted by Crippen LogP contribution is 2.23. The lowest BCUT2D eigenvalue weighted by molar-refractivity contribution is -0.119. The van der Waals surface area contributed by atoms with Crippen molar-refractivity contribution in [3.8, 4) is 0 Å². The molecule has 1 aromatic rings. The van der Waals surface area contributed by atoms with Crippen LogP contribution in [0.3, 0.4) is 0 Å². The van der Waals surface area contributed by atoms with Gasteiger partial charge < -0.3 is 10.6 Å². The summed E-state index contributed by atoms with van der Waals surface area (Å²) in [6, 6.07) is 7.06. The van der Waals surface area contributed by atoms with Gasteiger partial charge in [0, 0.05) is 19.5 Å².